The molecule has 0 aromatic rings. The van der Waals surface area contributed by atoms with Crippen molar-refractivity contribution in [1.29, 1.82) is 0 Å². The Morgan fingerprint density at radius 1 is 0.627 bits per heavy atom. The van der Waals surface area contributed by atoms with E-state index in [0.29, 0.717) is 98.0 Å². The van der Waals surface area contributed by atoms with E-state index < -0.39 is 35.5 Å². The van der Waals surface area contributed by atoms with Gasteiger partial charge in [-0.15, -0.1) is 0 Å². The Balaban J connectivity index is 4.56. The van der Waals surface area contributed by atoms with Gasteiger partial charge in [0.25, 0.3) is 0 Å². The van der Waals surface area contributed by atoms with Crippen LogP contribution < -0.4 is 53.6 Å². The van der Waals surface area contributed by atoms with Crippen molar-refractivity contribution in [3.05, 3.63) is 10.4 Å². The molecule has 0 saturated carbocycles. The number of nitrogens with one attached hydrogen (secondary N) is 9. The van der Waals surface area contributed by atoms with Gasteiger partial charge in [0, 0.05) is 142 Å². The average molecular weight is 840 g/mol. The van der Waals surface area contributed by atoms with E-state index in [1.165, 1.54) is 6.92 Å². The van der Waals surface area contributed by atoms with Crippen LogP contribution in [0.15, 0.2) is 5.11 Å². The molecule has 0 radical (unpaired) electrons. The van der Waals surface area contributed by atoms with Crippen molar-refractivity contribution in [2.24, 2.45) is 16.8 Å². The lowest BCUT2D eigenvalue weighted by Gasteiger charge is -2.21. The number of rotatable bonds is 41. The van der Waals surface area contributed by atoms with Crippen LogP contribution in [0, 0.1) is 5.92 Å². The van der Waals surface area contributed by atoms with Crippen molar-refractivity contribution in [1.82, 2.24) is 47.9 Å². The van der Waals surface area contributed by atoms with Gasteiger partial charge >= 0.3 is 0 Å². The Kier molecular flexibility index (Phi) is 36.4. The third kappa shape index (κ3) is 35.4. The number of ketones is 2. The largest absolute Gasteiger partial charge is 0.381 e. The number of unbranched alkanes of at least 4 members (excludes halogenated alkanes) is 3. The van der Waals surface area contributed by atoms with Gasteiger partial charge in [-0.25, -0.2) is 0 Å². The van der Waals surface area contributed by atoms with Gasteiger partial charge in [0.1, 0.15) is 5.78 Å². The first-order valence-corrected chi connectivity index (χ1v) is 21.0. The smallest absolute Gasteiger partial charge is 0.224 e. The summed E-state index contributed by atoms with van der Waals surface area (Å²) >= 11 is 0. The fourth-order valence-corrected chi connectivity index (χ4v) is 5.51. The minimum absolute atomic E-state index is 0.0142. The molecular formula is C38H73N13O8. The molecule has 11 N–H and O–H groups in total. The molecule has 0 aromatic carbocycles. The van der Waals surface area contributed by atoms with Crippen LogP contribution in [0.3, 0.4) is 0 Å². The molecule has 5 amide bonds. The van der Waals surface area contributed by atoms with Crippen LogP contribution in [0.5, 0.6) is 0 Å². The van der Waals surface area contributed by atoms with E-state index in [1.807, 2.05) is 0 Å². The van der Waals surface area contributed by atoms with Gasteiger partial charge in [0.05, 0.1) is 25.0 Å². The number of ether oxygens (including phenoxy) is 1. The maximum atomic E-state index is 13.4. The predicted octanol–water partition coefficient (Wildman–Crippen LogP) is -1.33. The maximum Gasteiger partial charge on any atom is 0.224 e. The Bertz CT molecular complexity index is 1250. The van der Waals surface area contributed by atoms with E-state index in [0.717, 1.165) is 32.2 Å². The molecule has 0 rings (SSSR count). The maximum absolute atomic E-state index is 13.4. The van der Waals surface area contributed by atoms with E-state index in [-0.39, 0.29) is 62.8 Å². The first-order chi connectivity index (χ1) is 28.5. The molecule has 21 nitrogen and oxygen atoms in total. The second kappa shape index (κ2) is 39.2. The zero-order valence-electron chi connectivity index (χ0n) is 35.4. The second-order valence-corrected chi connectivity index (χ2v) is 13.9. The molecule has 0 spiro atoms. The van der Waals surface area contributed by atoms with Crippen LogP contribution in [0.25, 0.3) is 10.4 Å². The van der Waals surface area contributed by atoms with E-state index in [9.17, 15) is 33.6 Å². The first kappa shape index (κ1) is 54.8. The summed E-state index contributed by atoms with van der Waals surface area (Å²) in [5.74, 6) is -3.48. The lowest BCUT2D eigenvalue weighted by atomic mass is 9.92. The number of hydrogen-bond acceptors (Lipinski definition) is 14. The van der Waals surface area contributed by atoms with Crippen molar-refractivity contribution < 1.29 is 38.3 Å². The number of azide groups is 1. The molecule has 0 aliphatic carbocycles. The fourth-order valence-electron chi connectivity index (χ4n) is 5.51. The van der Waals surface area contributed by atoms with Crippen LogP contribution >= 0.6 is 0 Å². The van der Waals surface area contributed by atoms with E-state index in [2.05, 4.69) is 64.8 Å². The molecule has 0 saturated heterocycles. The standard InChI is InChI=1S/C38H73N13O8/c1-3-4-5-6-12-48-38(58)31(28-36(56)46-22-19-42-15-14-41-13-11-39)27-34(54)33(50-30(2)52)29-37(57)47-23-20-44-17-16-43-18-21-45-35(55)10-9-32(53)8-7-25-59-26-24-49-51-40/h31,33,41-44H,3-29,39H2,1-2H3,(H,45,55)(H,46,56)(H,47,57)(H,48,58)(H,50,52). The minimum atomic E-state index is -1.17. The third-order valence-electron chi connectivity index (χ3n) is 8.66. The lowest BCUT2D eigenvalue weighted by molar-refractivity contribution is -0.135. The van der Waals surface area contributed by atoms with Gasteiger partial charge in [-0.1, -0.05) is 31.3 Å². The monoisotopic (exact) mass is 840 g/mol. The van der Waals surface area contributed by atoms with Gasteiger partial charge in [0.2, 0.25) is 29.5 Å². The van der Waals surface area contributed by atoms with Crippen LogP contribution in [-0.2, 0) is 38.3 Å². The van der Waals surface area contributed by atoms with Crippen molar-refractivity contribution in [3.8, 4) is 0 Å². The Morgan fingerprint density at radius 3 is 1.78 bits per heavy atom. The average Bonchev–Trinajstić information content (AvgIpc) is 3.20. The first-order valence-electron chi connectivity index (χ1n) is 21.0. The van der Waals surface area contributed by atoms with Gasteiger partial charge in [0.15, 0.2) is 5.78 Å². The van der Waals surface area contributed by atoms with Crippen molar-refractivity contribution in [2.45, 2.75) is 90.5 Å². The molecule has 0 aliphatic heterocycles. The predicted molar refractivity (Wildman–Crippen MR) is 225 cm³/mol. The molecule has 2 unspecified atom stereocenters. The van der Waals surface area contributed by atoms with Crippen LogP contribution in [0.2, 0.25) is 0 Å². The summed E-state index contributed by atoms with van der Waals surface area (Å²) in [5.41, 5.74) is 13.7. The number of hydrogen-bond donors (Lipinski definition) is 10. The van der Waals surface area contributed by atoms with Crippen LogP contribution in [-0.4, -0.2) is 152 Å². The summed E-state index contributed by atoms with van der Waals surface area (Å²) in [6, 6.07) is -1.17. The molecule has 0 fully saturated rings. The summed E-state index contributed by atoms with van der Waals surface area (Å²) < 4.78 is 5.25. The topological polar surface area (TPSA) is 312 Å². The molecule has 21 heteroatoms. The highest BCUT2D eigenvalue weighted by Gasteiger charge is 2.30. The van der Waals surface area contributed by atoms with Crippen molar-refractivity contribution in [2.75, 3.05) is 105 Å². The van der Waals surface area contributed by atoms with Gasteiger partial charge in [-0.05, 0) is 18.4 Å². The summed E-state index contributed by atoms with van der Waals surface area (Å²) in [7, 11) is 0. The van der Waals surface area contributed by atoms with Crippen LogP contribution in [0.4, 0.5) is 0 Å². The van der Waals surface area contributed by atoms with Gasteiger partial charge in [-0.2, -0.15) is 0 Å². The highest BCUT2D eigenvalue weighted by Crippen LogP contribution is 2.14. The zero-order chi connectivity index (χ0) is 43.8. The highest BCUT2D eigenvalue weighted by molar-refractivity contribution is 5.96. The molecule has 59 heavy (non-hydrogen) atoms. The Labute approximate surface area is 349 Å². The molecule has 338 valence electrons. The second-order valence-electron chi connectivity index (χ2n) is 13.9. The Morgan fingerprint density at radius 2 is 1.20 bits per heavy atom. The van der Waals surface area contributed by atoms with E-state index >= 15 is 0 Å². The minimum Gasteiger partial charge on any atom is -0.381 e. The van der Waals surface area contributed by atoms with E-state index in [4.69, 9.17) is 16.0 Å². The van der Waals surface area contributed by atoms with Crippen LogP contribution in [0.1, 0.15) is 84.5 Å². The molecule has 0 aromatic heterocycles. The number of carbonyl (C=O) groups excluding carboxylic acids is 7. The SMILES string of the molecule is CCCCCCNC(=O)C(CC(=O)NCCNCCNCCN)CC(=O)C(CC(=O)NCCNCCNCCNC(=O)CCC(=O)CCCOCCN=[N+]=[N-])NC(C)=O. The normalized spacial score (nSPS) is 11.8. The summed E-state index contributed by atoms with van der Waals surface area (Å²) in [4.78, 5) is 90.7. The van der Waals surface area contributed by atoms with Gasteiger partial charge < -0.3 is 58.3 Å². The number of amides is 5. The summed E-state index contributed by atoms with van der Waals surface area (Å²) in [6.07, 6.45) is 4.07. The number of nitrogens with zero attached hydrogens (tertiary/aromatic N) is 3. The number of nitrogens with two attached hydrogens (primary N) is 1. The Hall–Kier alpha value is -4.24. The highest BCUT2D eigenvalue weighted by atomic mass is 16.5. The quantitative estimate of drug-likeness (QED) is 0.0148. The molecule has 2 atom stereocenters. The fraction of sp³-hybridized carbons (Fsp3) is 0.816. The summed E-state index contributed by atoms with van der Waals surface area (Å²) in [5, 5.41) is 29.7. The zero-order valence-corrected chi connectivity index (χ0v) is 35.4. The lowest BCUT2D eigenvalue weighted by Crippen LogP contribution is -2.46. The molecular weight excluding hydrogens is 767 g/mol. The van der Waals surface area contributed by atoms with Crippen molar-refractivity contribution in [3.63, 3.8) is 0 Å². The van der Waals surface area contributed by atoms with Gasteiger partial charge in [-0.3, -0.25) is 33.6 Å². The molecule has 0 bridgehead atoms. The van der Waals surface area contributed by atoms with Crippen molar-refractivity contribution >= 4 is 41.1 Å². The molecule has 0 aliphatic rings. The number of carbonyl (C=O) groups is 7. The third-order valence-corrected chi connectivity index (χ3v) is 8.66. The number of Topliss-reactive ketones (excluding diaryl/α,β-unsaturated/α-hetero) is 2. The summed E-state index contributed by atoms with van der Waals surface area (Å²) in [6.45, 7) is 11.1. The molecule has 0 heterocycles. The van der Waals surface area contributed by atoms with E-state index in [1.54, 1.807) is 0 Å².